The molecule has 1 aliphatic rings. The van der Waals surface area contributed by atoms with Crippen LogP contribution in [0.4, 0.5) is 0 Å². The maximum absolute atomic E-state index is 11.0. The second-order valence-corrected chi connectivity index (χ2v) is 6.07. The van der Waals surface area contributed by atoms with E-state index in [1.54, 1.807) is 6.26 Å². The van der Waals surface area contributed by atoms with Crippen molar-refractivity contribution in [3.8, 4) is 0 Å². The predicted molar refractivity (Wildman–Crippen MR) is 63.0 cm³/mol. The Morgan fingerprint density at radius 2 is 2.21 bits per heavy atom. The van der Waals surface area contributed by atoms with Crippen molar-refractivity contribution in [3.05, 3.63) is 0 Å². The van der Waals surface area contributed by atoms with Crippen LogP contribution in [0.25, 0.3) is 0 Å². The molecule has 1 N–H and O–H groups in total. The van der Waals surface area contributed by atoms with Gasteiger partial charge in [0.2, 0.25) is 0 Å². The summed E-state index contributed by atoms with van der Waals surface area (Å²) >= 11 is 0. The van der Waals surface area contributed by atoms with Gasteiger partial charge in [-0.1, -0.05) is 13.3 Å². The molecule has 0 amide bonds. The van der Waals surface area contributed by atoms with Crippen molar-refractivity contribution in [1.29, 1.82) is 0 Å². The van der Waals surface area contributed by atoms with Gasteiger partial charge in [-0.05, 0) is 32.1 Å². The first kappa shape index (κ1) is 12.2. The van der Waals surface area contributed by atoms with E-state index in [9.17, 15) is 4.21 Å². The van der Waals surface area contributed by atoms with E-state index in [0.717, 1.165) is 11.7 Å². The highest BCUT2D eigenvalue weighted by Gasteiger charge is 2.24. The Labute approximate surface area is 90.3 Å². The van der Waals surface area contributed by atoms with E-state index in [-0.39, 0.29) is 0 Å². The summed E-state index contributed by atoms with van der Waals surface area (Å²) in [5.41, 5.74) is 0. The van der Waals surface area contributed by atoms with Gasteiger partial charge in [0.15, 0.2) is 0 Å². The molecule has 0 aliphatic heterocycles. The van der Waals surface area contributed by atoms with E-state index in [4.69, 9.17) is 0 Å². The van der Waals surface area contributed by atoms with Gasteiger partial charge in [-0.3, -0.25) is 4.21 Å². The van der Waals surface area contributed by atoms with E-state index < -0.39 is 10.8 Å². The van der Waals surface area contributed by atoms with Crippen LogP contribution in [0, 0.1) is 5.92 Å². The fraction of sp³-hybridized carbons (Fsp3) is 1.00. The summed E-state index contributed by atoms with van der Waals surface area (Å²) in [6, 6.07) is 1.08. The molecule has 14 heavy (non-hydrogen) atoms. The molecule has 0 aromatic carbocycles. The van der Waals surface area contributed by atoms with Gasteiger partial charge < -0.3 is 5.32 Å². The van der Waals surface area contributed by atoms with Gasteiger partial charge in [0.1, 0.15) is 0 Å². The molecule has 0 saturated heterocycles. The Morgan fingerprint density at radius 3 is 2.71 bits per heavy atom. The predicted octanol–water partition coefficient (Wildman–Crippen LogP) is 1.92. The van der Waals surface area contributed by atoms with Crippen LogP contribution >= 0.6 is 0 Å². The summed E-state index contributed by atoms with van der Waals surface area (Å²) < 4.78 is 11.0. The van der Waals surface area contributed by atoms with Crippen molar-refractivity contribution in [1.82, 2.24) is 5.32 Å². The lowest BCUT2D eigenvalue weighted by Gasteiger charge is -2.18. The third kappa shape index (κ3) is 4.09. The highest BCUT2D eigenvalue weighted by Crippen LogP contribution is 2.27. The zero-order chi connectivity index (χ0) is 10.6. The van der Waals surface area contributed by atoms with Gasteiger partial charge in [-0.15, -0.1) is 0 Å². The van der Waals surface area contributed by atoms with Crippen LogP contribution in [0.1, 0.15) is 39.5 Å². The lowest BCUT2D eigenvalue weighted by molar-refractivity contribution is 0.446. The molecule has 4 unspecified atom stereocenters. The summed E-state index contributed by atoms with van der Waals surface area (Å²) in [4.78, 5) is 0. The molecule has 0 aromatic rings. The van der Waals surface area contributed by atoms with Gasteiger partial charge in [0.25, 0.3) is 0 Å². The zero-order valence-electron chi connectivity index (χ0n) is 9.58. The van der Waals surface area contributed by atoms with Crippen molar-refractivity contribution in [2.45, 2.75) is 51.6 Å². The van der Waals surface area contributed by atoms with Crippen LogP contribution in [-0.4, -0.2) is 28.3 Å². The van der Waals surface area contributed by atoms with Crippen LogP contribution in [0.5, 0.6) is 0 Å². The Kier molecular flexibility index (Phi) is 5.10. The molecule has 0 bridgehead atoms. The molecule has 4 atom stereocenters. The lowest BCUT2D eigenvalue weighted by atomic mass is 10.1. The van der Waals surface area contributed by atoms with Gasteiger partial charge in [0.05, 0.1) is 0 Å². The first-order valence-corrected chi connectivity index (χ1v) is 7.40. The van der Waals surface area contributed by atoms with Gasteiger partial charge in [-0.25, -0.2) is 0 Å². The van der Waals surface area contributed by atoms with Gasteiger partial charge in [-0.2, -0.15) is 0 Å². The van der Waals surface area contributed by atoms with Gasteiger partial charge >= 0.3 is 0 Å². The molecule has 0 aromatic heterocycles. The Balaban J connectivity index is 2.21. The Hall–Kier alpha value is 0.110. The second kappa shape index (κ2) is 5.86. The van der Waals surface area contributed by atoms with E-state index in [1.807, 2.05) is 0 Å². The van der Waals surface area contributed by atoms with Crippen LogP contribution < -0.4 is 5.32 Å². The smallest absolute Gasteiger partial charge is 0.0383 e. The molecule has 1 rings (SSSR count). The molecule has 1 saturated carbocycles. The van der Waals surface area contributed by atoms with Crippen LogP contribution in [-0.2, 0) is 10.8 Å². The maximum atomic E-state index is 11.0. The standard InChI is InChI=1S/C11H23NOS/c1-4-10-5-6-11(7-10)12-9(2)8-14(3)13/h9-12H,4-8H2,1-3H3. The average Bonchev–Trinajstić information content (AvgIpc) is 2.50. The molecule has 1 fully saturated rings. The number of hydrogen-bond donors (Lipinski definition) is 1. The molecule has 0 radical (unpaired) electrons. The largest absolute Gasteiger partial charge is 0.311 e. The van der Waals surface area contributed by atoms with E-state index in [0.29, 0.717) is 12.1 Å². The van der Waals surface area contributed by atoms with E-state index in [2.05, 4.69) is 19.2 Å². The molecule has 84 valence electrons. The average molecular weight is 217 g/mol. The molecule has 0 spiro atoms. The molecule has 0 heterocycles. The monoisotopic (exact) mass is 217 g/mol. The summed E-state index contributed by atoms with van der Waals surface area (Å²) in [6.07, 6.45) is 7.08. The molecule has 3 heteroatoms. The minimum Gasteiger partial charge on any atom is -0.311 e. The zero-order valence-corrected chi connectivity index (χ0v) is 10.4. The van der Waals surface area contributed by atoms with Crippen LogP contribution in [0.3, 0.4) is 0 Å². The lowest BCUT2D eigenvalue weighted by Crippen LogP contribution is -2.38. The highest BCUT2D eigenvalue weighted by molar-refractivity contribution is 7.84. The fourth-order valence-electron chi connectivity index (χ4n) is 2.40. The third-order valence-corrected chi connectivity index (χ3v) is 4.09. The number of rotatable bonds is 5. The van der Waals surface area contributed by atoms with E-state index in [1.165, 1.54) is 25.7 Å². The normalized spacial score (nSPS) is 31.6. The Morgan fingerprint density at radius 1 is 1.50 bits per heavy atom. The summed E-state index contributed by atoms with van der Waals surface area (Å²) in [5, 5.41) is 3.58. The maximum Gasteiger partial charge on any atom is 0.0383 e. The molecule has 2 nitrogen and oxygen atoms in total. The van der Waals surface area contributed by atoms with Crippen molar-refractivity contribution < 1.29 is 4.21 Å². The molecular formula is C11H23NOS. The third-order valence-electron chi connectivity index (χ3n) is 3.12. The molecule has 1 aliphatic carbocycles. The van der Waals surface area contributed by atoms with Crippen molar-refractivity contribution >= 4 is 10.8 Å². The van der Waals surface area contributed by atoms with Crippen molar-refractivity contribution in [2.24, 2.45) is 5.92 Å². The van der Waals surface area contributed by atoms with Crippen molar-refractivity contribution in [2.75, 3.05) is 12.0 Å². The van der Waals surface area contributed by atoms with Crippen molar-refractivity contribution in [3.63, 3.8) is 0 Å². The summed E-state index contributed by atoms with van der Waals surface area (Å²) in [7, 11) is -0.669. The number of nitrogens with one attached hydrogen (secondary N) is 1. The first-order chi connectivity index (χ1) is 6.61. The summed E-state index contributed by atoms with van der Waals surface area (Å²) in [5.74, 6) is 1.71. The second-order valence-electron chi connectivity index (χ2n) is 4.59. The minimum atomic E-state index is -0.669. The topological polar surface area (TPSA) is 29.1 Å². The first-order valence-electron chi connectivity index (χ1n) is 5.67. The fourth-order valence-corrected chi connectivity index (χ4v) is 3.20. The highest BCUT2D eigenvalue weighted by atomic mass is 32.2. The number of hydrogen-bond acceptors (Lipinski definition) is 2. The summed E-state index contributed by atoms with van der Waals surface area (Å²) in [6.45, 7) is 4.41. The molecular weight excluding hydrogens is 194 g/mol. The van der Waals surface area contributed by atoms with Gasteiger partial charge in [0, 0.05) is 34.9 Å². The van der Waals surface area contributed by atoms with E-state index >= 15 is 0 Å². The Bertz CT molecular complexity index is 196. The van der Waals surface area contributed by atoms with Crippen LogP contribution in [0.15, 0.2) is 0 Å². The quantitative estimate of drug-likeness (QED) is 0.762. The van der Waals surface area contributed by atoms with Crippen LogP contribution in [0.2, 0.25) is 0 Å². The minimum absolute atomic E-state index is 0.404. The SMILES string of the molecule is CCC1CCC(NC(C)CS(C)=O)C1.